The molecule has 4 heteroatoms. The molecule has 0 aliphatic heterocycles. The fourth-order valence-electron chi connectivity index (χ4n) is 7.01. The van der Waals surface area contributed by atoms with Gasteiger partial charge in [-0.3, -0.25) is 4.79 Å². The number of carbonyl (C=O) groups excluding carboxylic acids is 1. The van der Waals surface area contributed by atoms with Crippen LogP contribution in [0.5, 0.6) is 0 Å². The molecule has 0 saturated heterocycles. The quantitative estimate of drug-likeness (QED) is 0.554. The van der Waals surface area contributed by atoms with Gasteiger partial charge in [0.05, 0.1) is 24.2 Å². The predicted molar refractivity (Wildman–Crippen MR) is 114 cm³/mol. The molecule has 4 aliphatic carbocycles. The first-order chi connectivity index (χ1) is 14.4. The minimum Gasteiger partial charge on any atom is -0.465 e. The number of hydrogen-bond acceptors (Lipinski definition) is 4. The third-order valence-corrected chi connectivity index (χ3v) is 8.06. The van der Waals surface area contributed by atoms with Crippen LogP contribution in [0, 0.1) is 57.2 Å². The summed E-state index contributed by atoms with van der Waals surface area (Å²) < 4.78 is 5.89. The molecule has 1 atom stereocenters. The second-order valence-corrected chi connectivity index (χ2v) is 10.7. The Morgan fingerprint density at radius 2 is 1.60 bits per heavy atom. The number of ether oxygens (including phenoxy) is 1. The zero-order valence-electron chi connectivity index (χ0n) is 18.1. The topological polar surface area (TPSA) is 73.9 Å². The molecule has 0 radical (unpaired) electrons. The standard InChI is InChI=1S/C26H32N2O2/c1-25(2,23(22(16-27)17-28)21-6-4-3-5-7-21)8-9-30-24(29)26-13-18-10-19(14-26)12-20(11-18)15-26/h3-7,18-20,22-23H,8-15H2,1-2H3. The third kappa shape index (κ3) is 3.85. The zero-order valence-corrected chi connectivity index (χ0v) is 18.1. The Morgan fingerprint density at radius 1 is 1.07 bits per heavy atom. The van der Waals surface area contributed by atoms with E-state index in [0.29, 0.717) is 13.0 Å². The fraction of sp³-hybridized carbons (Fsp3) is 0.654. The van der Waals surface area contributed by atoms with Crippen LogP contribution in [0.1, 0.15) is 70.3 Å². The molecule has 30 heavy (non-hydrogen) atoms. The van der Waals surface area contributed by atoms with Gasteiger partial charge in [-0.2, -0.15) is 10.5 Å². The van der Waals surface area contributed by atoms with E-state index in [1.807, 2.05) is 30.3 Å². The number of rotatable bonds is 7. The molecular formula is C26H32N2O2. The molecule has 0 aromatic heterocycles. The second-order valence-electron chi connectivity index (χ2n) is 10.7. The van der Waals surface area contributed by atoms with E-state index < -0.39 is 5.92 Å². The normalized spacial score (nSPS) is 30.5. The van der Waals surface area contributed by atoms with Gasteiger partial charge in [-0.25, -0.2) is 0 Å². The molecular weight excluding hydrogens is 372 g/mol. The Morgan fingerprint density at radius 3 is 2.10 bits per heavy atom. The van der Waals surface area contributed by atoms with Crippen LogP contribution in [0.4, 0.5) is 0 Å². The van der Waals surface area contributed by atoms with E-state index in [0.717, 1.165) is 42.6 Å². The maximum absolute atomic E-state index is 13.1. The van der Waals surface area contributed by atoms with Crippen molar-refractivity contribution < 1.29 is 9.53 Å². The molecule has 4 bridgehead atoms. The molecule has 4 aliphatic rings. The van der Waals surface area contributed by atoms with E-state index in [1.165, 1.54) is 19.3 Å². The molecule has 1 aromatic rings. The van der Waals surface area contributed by atoms with Crippen molar-refractivity contribution in [3.05, 3.63) is 35.9 Å². The summed E-state index contributed by atoms with van der Waals surface area (Å²) in [6, 6.07) is 14.1. The number of nitrogens with zero attached hydrogens (tertiary/aromatic N) is 2. The highest BCUT2D eigenvalue weighted by Crippen LogP contribution is 2.60. The van der Waals surface area contributed by atoms with Gasteiger partial charge in [0, 0.05) is 5.92 Å². The lowest BCUT2D eigenvalue weighted by Crippen LogP contribution is -2.50. The smallest absolute Gasteiger partial charge is 0.312 e. The Bertz CT molecular complexity index is 812. The summed E-state index contributed by atoms with van der Waals surface area (Å²) >= 11 is 0. The van der Waals surface area contributed by atoms with Crippen LogP contribution in [0.3, 0.4) is 0 Å². The van der Waals surface area contributed by atoms with Gasteiger partial charge >= 0.3 is 5.97 Å². The summed E-state index contributed by atoms with van der Waals surface area (Å²) in [7, 11) is 0. The largest absolute Gasteiger partial charge is 0.465 e. The number of benzene rings is 1. The third-order valence-electron chi connectivity index (χ3n) is 8.06. The van der Waals surface area contributed by atoms with Crippen molar-refractivity contribution in [2.24, 2.45) is 34.5 Å². The van der Waals surface area contributed by atoms with Crippen molar-refractivity contribution >= 4 is 5.97 Å². The zero-order chi connectivity index (χ0) is 21.4. The molecule has 1 unspecified atom stereocenters. The number of carbonyl (C=O) groups is 1. The van der Waals surface area contributed by atoms with Crippen molar-refractivity contribution in [3.63, 3.8) is 0 Å². The number of hydrogen-bond donors (Lipinski definition) is 0. The Balaban J connectivity index is 1.42. The van der Waals surface area contributed by atoms with E-state index in [-0.39, 0.29) is 22.7 Å². The maximum Gasteiger partial charge on any atom is 0.312 e. The van der Waals surface area contributed by atoms with Crippen LogP contribution in [-0.4, -0.2) is 12.6 Å². The summed E-state index contributed by atoms with van der Waals surface area (Å²) in [4.78, 5) is 13.1. The fourth-order valence-corrected chi connectivity index (χ4v) is 7.01. The van der Waals surface area contributed by atoms with Gasteiger partial charge in [0.1, 0.15) is 5.92 Å². The van der Waals surface area contributed by atoms with Crippen LogP contribution in [0.2, 0.25) is 0 Å². The lowest BCUT2D eigenvalue weighted by atomic mass is 9.49. The summed E-state index contributed by atoms with van der Waals surface area (Å²) in [6.45, 7) is 4.50. The van der Waals surface area contributed by atoms with Crippen LogP contribution < -0.4 is 0 Å². The number of nitriles is 2. The van der Waals surface area contributed by atoms with E-state index >= 15 is 0 Å². The Hall–Kier alpha value is -2.33. The van der Waals surface area contributed by atoms with Crippen LogP contribution in [0.15, 0.2) is 30.3 Å². The average Bonchev–Trinajstić information content (AvgIpc) is 2.71. The van der Waals surface area contributed by atoms with Crippen molar-refractivity contribution in [2.75, 3.05) is 6.61 Å². The van der Waals surface area contributed by atoms with Gasteiger partial charge in [-0.1, -0.05) is 44.2 Å². The molecule has 5 rings (SSSR count). The second kappa shape index (κ2) is 8.07. The first kappa shape index (κ1) is 20.9. The first-order valence-electron chi connectivity index (χ1n) is 11.4. The molecule has 4 fully saturated rings. The van der Waals surface area contributed by atoms with Crippen molar-refractivity contribution in [1.82, 2.24) is 0 Å². The highest BCUT2D eigenvalue weighted by molar-refractivity contribution is 5.77. The molecule has 4 nitrogen and oxygen atoms in total. The molecule has 0 spiro atoms. The minimum atomic E-state index is -0.735. The van der Waals surface area contributed by atoms with Gasteiger partial charge < -0.3 is 4.74 Å². The van der Waals surface area contributed by atoms with E-state index in [9.17, 15) is 15.3 Å². The Kier molecular flexibility index (Phi) is 5.63. The van der Waals surface area contributed by atoms with Crippen molar-refractivity contribution in [1.29, 1.82) is 10.5 Å². The summed E-state index contributed by atoms with van der Waals surface area (Å²) in [5.41, 5.74) is 0.404. The first-order valence-corrected chi connectivity index (χ1v) is 11.4. The van der Waals surface area contributed by atoms with E-state index in [4.69, 9.17) is 4.74 Å². The van der Waals surface area contributed by atoms with Gasteiger partial charge in [-0.05, 0) is 73.7 Å². The highest BCUT2D eigenvalue weighted by atomic mass is 16.5. The van der Waals surface area contributed by atoms with Crippen LogP contribution >= 0.6 is 0 Å². The van der Waals surface area contributed by atoms with Gasteiger partial charge in [-0.15, -0.1) is 0 Å². The van der Waals surface area contributed by atoms with E-state index in [1.54, 1.807) is 0 Å². The van der Waals surface area contributed by atoms with Crippen LogP contribution in [-0.2, 0) is 9.53 Å². The molecule has 1 aromatic carbocycles. The minimum absolute atomic E-state index is 0.00535. The monoisotopic (exact) mass is 404 g/mol. The molecule has 0 amide bonds. The van der Waals surface area contributed by atoms with E-state index in [2.05, 4.69) is 26.0 Å². The lowest BCUT2D eigenvalue weighted by Gasteiger charge is -2.55. The summed E-state index contributed by atoms with van der Waals surface area (Å²) in [5.74, 6) is 1.19. The average molecular weight is 405 g/mol. The van der Waals surface area contributed by atoms with Crippen LogP contribution in [0.25, 0.3) is 0 Å². The molecule has 4 saturated carbocycles. The lowest BCUT2D eigenvalue weighted by molar-refractivity contribution is -0.172. The molecule has 0 heterocycles. The van der Waals surface area contributed by atoms with Gasteiger partial charge in [0.2, 0.25) is 0 Å². The number of esters is 1. The molecule has 158 valence electrons. The van der Waals surface area contributed by atoms with Crippen molar-refractivity contribution in [2.45, 2.75) is 64.7 Å². The SMILES string of the molecule is CC(C)(CCOC(=O)C12CC3CC(CC(C3)C1)C2)C(c1ccccc1)C(C#N)C#N. The van der Waals surface area contributed by atoms with Gasteiger partial charge in [0.15, 0.2) is 0 Å². The maximum atomic E-state index is 13.1. The molecule has 0 N–H and O–H groups in total. The summed E-state index contributed by atoms with van der Waals surface area (Å²) in [6.07, 6.45) is 7.59. The predicted octanol–water partition coefficient (Wildman–Crippen LogP) is 5.61. The van der Waals surface area contributed by atoms with Crippen molar-refractivity contribution in [3.8, 4) is 12.1 Å². The van der Waals surface area contributed by atoms with Gasteiger partial charge in [0.25, 0.3) is 0 Å². The highest BCUT2D eigenvalue weighted by Gasteiger charge is 2.55. The Labute approximate surface area is 180 Å². The summed E-state index contributed by atoms with van der Waals surface area (Å²) in [5, 5.41) is 19.1.